The Balaban J connectivity index is 2.82. The van der Waals surface area contributed by atoms with Crippen molar-refractivity contribution in [3.8, 4) is 0 Å². The zero-order chi connectivity index (χ0) is 11.4. The maximum Gasteiger partial charge on any atom is 0.0639 e. The number of halogens is 2. The van der Waals surface area contributed by atoms with Gasteiger partial charge in [0.2, 0.25) is 0 Å². The van der Waals surface area contributed by atoms with E-state index in [1.54, 1.807) is 0 Å². The van der Waals surface area contributed by atoms with Crippen LogP contribution in [0.4, 0.5) is 0 Å². The molecule has 2 atom stereocenters. The zero-order valence-corrected chi connectivity index (χ0v) is 10.9. The van der Waals surface area contributed by atoms with Gasteiger partial charge in [-0.1, -0.05) is 42.3 Å². The Hall–Kier alpha value is -0.240. The van der Waals surface area contributed by atoms with E-state index in [2.05, 4.69) is 26.1 Å². The Morgan fingerprint density at radius 3 is 2.53 bits per heavy atom. The predicted octanol–water partition coefficient (Wildman–Crippen LogP) is 4.44. The quantitative estimate of drug-likeness (QED) is 0.827. The molecule has 0 aliphatic heterocycles. The van der Waals surface area contributed by atoms with E-state index in [1.807, 2.05) is 18.2 Å². The van der Waals surface area contributed by atoms with Crippen molar-refractivity contribution in [3.05, 3.63) is 33.8 Å². The zero-order valence-electron chi connectivity index (χ0n) is 9.35. The van der Waals surface area contributed by atoms with E-state index >= 15 is 0 Å². The lowest BCUT2D eigenvalue weighted by Crippen LogP contribution is -2.28. The van der Waals surface area contributed by atoms with Crippen LogP contribution >= 0.6 is 23.2 Å². The lowest BCUT2D eigenvalue weighted by molar-refractivity contribution is 0.469. The van der Waals surface area contributed by atoms with Gasteiger partial charge in [0.05, 0.1) is 10.0 Å². The summed E-state index contributed by atoms with van der Waals surface area (Å²) in [5.74, 6) is 0. The van der Waals surface area contributed by atoms with E-state index in [-0.39, 0.29) is 6.04 Å². The van der Waals surface area contributed by atoms with E-state index in [4.69, 9.17) is 23.2 Å². The summed E-state index contributed by atoms with van der Waals surface area (Å²) in [7, 11) is 0. The van der Waals surface area contributed by atoms with Crippen molar-refractivity contribution in [2.45, 2.75) is 39.3 Å². The molecule has 1 aromatic rings. The molecular weight excluding hydrogens is 229 g/mol. The first-order valence-electron chi connectivity index (χ1n) is 5.26. The number of hydrogen-bond donors (Lipinski definition) is 1. The second kappa shape index (κ2) is 5.74. The number of hydrogen-bond acceptors (Lipinski definition) is 1. The van der Waals surface area contributed by atoms with Gasteiger partial charge >= 0.3 is 0 Å². The molecule has 0 bridgehead atoms. The predicted molar refractivity (Wildman–Crippen MR) is 67.8 cm³/mol. The fourth-order valence-corrected chi connectivity index (χ4v) is 1.96. The molecule has 0 aliphatic rings. The summed E-state index contributed by atoms with van der Waals surface area (Å²) < 4.78 is 0. The van der Waals surface area contributed by atoms with Gasteiger partial charge in [-0.15, -0.1) is 0 Å². The van der Waals surface area contributed by atoms with Gasteiger partial charge in [0.1, 0.15) is 0 Å². The highest BCUT2D eigenvalue weighted by Crippen LogP contribution is 2.29. The summed E-state index contributed by atoms with van der Waals surface area (Å²) in [5.41, 5.74) is 1.06. The first kappa shape index (κ1) is 12.8. The third-order valence-electron chi connectivity index (χ3n) is 2.59. The molecule has 0 spiro atoms. The molecule has 2 unspecified atom stereocenters. The fourth-order valence-electron chi connectivity index (χ4n) is 1.49. The summed E-state index contributed by atoms with van der Waals surface area (Å²) in [6, 6.07) is 6.46. The number of rotatable bonds is 4. The van der Waals surface area contributed by atoms with Crippen molar-refractivity contribution in [2.75, 3.05) is 0 Å². The summed E-state index contributed by atoms with van der Waals surface area (Å²) in [6.45, 7) is 6.42. The van der Waals surface area contributed by atoms with Crippen LogP contribution in [0.15, 0.2) is 18.2 Å². The molecule has 1 nitrogen and oxygen atoms in total. The van der Waals surface area contributed by atoms with Crippen LogP contribution in [0.1, 0.15) is 38.8 Å². The highest BCUT2D eigenvalue weighted by molar-refractivity contribution is 6.42. The molecule has 0 amide bonds. The van der Waals surface area contributed by atoms with Crippen LogP contribution in [0.2, 0.25) is 10.0 Å². The number of nitrogens with one attached hydrogen (secondary N) is 1. The normalized spacial score (nSPS) is 15.0. The van der Waals surface area contributed by atoms with Gasteiger partial charge in [0.25, 0.3) is 0 Å². The molecule has 0 heterocycles. The molecule has 1 rings (SSSR count). The van der Waals surface area contributed by atoms with Crippen molar-refractivity contribution in [3.63, 3.8) is 0 Å². The van der Waals surface area contributed by atoms with E-state index in [9.17, 15) is 0 Å². The second-order valence-corrected chi connectivity index (χ2v) is 4.63. The second-order valence-electron chi connectivity index (χ2n) is 3.84. The van der Waals surface area contributed by atoms with Crippen LogP contribution in [0.3, 0.4) is 0 Å². The third-order valence-corrected chi connectivity index (χ3v) is 3.43. The van der Waals surface area contributed by atoms with Crippen LogP contribution in [0.5, 0.6) is 0 Å². The highest BCUT2D eigenvalue weighted by Gasteiger charge is 2.12. The summed E-state index contributed by atoms with van der Waals surface area (Å²) in [4.78, 5) is 0. The minimum absolute atomic E-state index is 0.228. The first-order valence-corrected chi connectivity index (χ1v) is 6.01. The maximum absolute atomic E-state index is 6.14. The standard InChI is InChI=1S/C12H17Cl2N/c1-4-8(2)15-9(3)10-6-5-7-11(13)12(10)14/h5-9,15H,4H2,1-3H3. The van der Waals surface area contributed by atoms with E-state index in [0.717, 1.165) is 12.0 Å². The summed E-state index contributed by atoms with van der Waals surface area (Å²) in [6.07, 6.45) is 1.10. The molecule has 0 fully saturated rings. The van der Waals surface area contributed by atoms with Crippen LogP contribution in [0, 0.1) is 0 Å². The third kappa shape index (κ3) is 3.37. The van der Waals surface area contributed by atoms with Gasteiger partial charge in [-0.3, -0.25) is 0 Å². The Labute approximate surface area is 102 Å². The molecular formula is C12H17Cl2N. The van der Waals surface area contributed by atoms with Gasteiger partial charge in [-0.25, -0.2) is 0 Å². The highest BCUT2D eigenvalue weighted by atomic mass is 35.5. The van der Waals surface area contributed by atoms with Crippen LogP contribution in [-0.2, 0) is 0 Å². The molecule has 0 aliphatic carbocycles. The average Bonchev–Trinajstić information content (AvgIpc) is 2.21. The average molecular weight is 246 g/mol. The smallest absolute Gasteiger partial charge is 0.0639 e. The lowest BCUT2D eigenvalue weighted by atomic mass is 10.1. The van der Waals surface area contributed by atoms with E-state index in [1.165, 1.54) is 0 Å². The SMILES string of the molecule is CCC(C)NC(C)c1cccc(Cl)c1Cl. The van der Waals surface area contributed by atoms with Gasteiger partial charge in [-0.2, -0.15) is 0 Å². The van der Waals surface area contributed by atoms with Gasteiger partial charge < -0.3 is 5.32 Å². The van der Waals surface area contributed by atoms with Crippen LogP contribution in [0.25, 0.3) is 0 Å². The van der Waals surface area contributed by atoms with Crippen molar-refractivity contribution in [1.29, 1.82) is 0 Å². The summed E-state index contributed by atoms with van der Waals surface area (Å²) in [5, 5.41) is 4.74. The Morgan fingerprint density at radius 1 is 1.27 bits per heavy atom. The first-order chi connectivity index (χ1) is 7.06. The minimum atomic E-state index is 0.228. The van der Waals surface area contributed by atoms with Crippen molar-refractivity contribution in [2.24, 2.45) is 0 Å². The molecule has 0 saturated carbocycles. The minimum Gasteiger partial charge on any atom is -0.308 e. The monoisotopic (exact) mass is 245 g/mol. The lowest BCUT2D eigenvalue weighted by Gasteiger charge is -2.20. The van der Waals surface area contributed by atoms with Crippen LogP contribution < -0.4 is 5.32 Å². The van der Waals surface area contributed by atoms with Crippen LogP contribution in [-0.4, -0.2) is 6.04 Å². The molecule has 15 heavy (non-hydrogen) atoms. The van der Waals surface area contributed by atoms with Gasteiger partial charge in [0.15, 0.2) is 0 Å². The number of benzene rings is 1. The molecule has 0 aromatic heterocycles. The van der Waals surface area contributed by atoms with Gasteiger partial charge in [0, 0.05) is 12.1 Å². The molecule has 1 N–H and O–H groups in total. The van der Waals surface area contributed by atoms with E-state index in [0.29, 0.717) is 16.1 Å². The molecule has 1 aromatic carbocycles. The Bertz CT molecular complexity index is 325. The Morgan fingerprint density at radius 2 is 1.93 bits per heavy atom. The molecule has 0 saturated heterocycles. The fraction of sp³-hybridized carbons (Fsp3) is 0.500. The van der Waals surface area contributed by atoms with Crippen molar-refractivity contribution in [1.82, 2.24) is 5.32 Å². The molecule has 84 valence electrons. The Kier molecular flexibility index (Phi) is 4.91. The molecule has 3 heteroatoms. The van der Waals surface area contributed by atoms with Crippen molar-refractivity contribution >= 4 is 23.2 Å². The van der Waals surface area contributed by atoms with E-state index < -0.39 is 0 Å². The topological polar surface area (TPSA) is 12.0 Å². The summed E-state index contributed by atoms with van der Waals surface area (Å²) >= 11 is 12.1. The molecule has 0 radical (unpaired) electrons. The maximum atomic E-state index is 6.14. The van der Waals surface area contributed by atoms with Gasteiger partial charge in [-0.05, 0) is 31.9 Å². The van der Waals surface area contributed by atoms with Crippen molar-refractivity contribution < 1.29 is 0 Å². The largest absolute Gasteiger partial charge is 0.308 e.